The van der Waals surface area contributed by atoms with Gasteiger partial charge in [-0.1, -0.05) is 42.0 Å². The van der Waals surface area contributed by atoms with Crippen molar-refractivity contribution >= 4 is 0 Å². The number of nitrogens with zero attached hydrogens (tertiary/aromatic N) is 2. The fraction of sp³-hybridized carbons (Fsp3) is 0.143. The Morgan fingerprint density at radius 1 is 1.00 bits per heavy atom. The molecule has 4 aromatic rings. The molecule has 1 aliphatic rings. The third-order valence-electron chi connectivity index (χ3n) is 6.06. The minimum atomic E-state index is -0.439. The van der Waals surface area contributed by atoms with E-state index in [0.29, 0.717) is 18.1 Å². The Labute approximate surface area is 203 Å². The molecular formula is C28H24N4O3. The molecule has 5 rings (SSSR count). The summed E-state index contributed by atoms with van der Waals surface area (Å²) in [6, 6.07) is 25.8. The molecule has 0 amide bonds. The Hall–Kier alpha value is -4.70. The van der Waals surface area contributed by atoms with Gasteiger partial charge in [-0.2, -0.15) is 5.26 Å². The molecule has 0 saturated heterocycles. The Morgan fingerprint density at radius 2 is 1.69 bits per heavy atom. The van der Waals surface area contributed by atoms with E-state index in [-0.39, 0.29) is 5.88 Å². The van der Waals surface area contributed by atoms with Gasteiger partial charge in [-0.25, -0.2) is 0 Å². The first-order valence-corrected chi connectivity index (χ1v) is 11.2. The molecule has 3 N–H and O–H groups in total. The monoisotopic (exact) mass is 464 g/mol. The molecule has 1 atom stereocenters. The highest BCUT2D eigenvalue weighted by atomic mass is 16.5. The zero-order valence-electron chi connectivity index (χ0n) is 19.4. The number of aromatic amines is 1. The van der Waals surface area contributed by atoms with Crippen LogP contribution in [0.2, 0.25) is 0 Å². The molecule has 7 nitrogen and oxygen atoms in total. The third kappa shape index (κ3) is 4.30. The predicted octanol–water partition coefficient (Wildman–Crippen LogP) is 5.19. The van der Waals surface area contributed by atoms with Gasteiger partial charge < -0.3 is 19.9 Å². The van der Waals surface area contributed by atoms with Crippen molar-refractivity contribution in [3.63, 3.8) is 0 Å². The van der Waals surface area contributed by atoms with Gasteiger partial charge in [0.1, 0.15) is 29.7 Å². The van der Waals surface area contributed by atoms with E-state index in [1.165, 1.54) is 5.56 Å². The molecule has 0 aliphatic carbocycles. The minimum Gasteiger partial charge on any atom is -0.497 e. The predicted molar refractivity (Wildman–Crippen MR) is 132 cm³/mol. The Kier molecular flexibility index (Phi) is 5.86. The van der Waals surface area contributed by atoms with Crippen LogP contribution in [0, 0.1) is 18.3 Å². The summed E-state index contributed by atoms with van der Waals surface area (Å²) in [5, 5.41) is 17.3. The Bertz CT molecular complexity index is 1410. The van der Waals surface area contributed by atoms with Crippen molar-refractivity contribution < 1.29 is 14.2 Å². The first kappa shape index (κ1) is 22.1. The number of nitrogens with two attached hydrogens (primary N) is 1. The highest BCUT2D eigenvalue weighted by molar-refractivity contribution is 5.71. The number of aryl methyl sites for hydroxylation is 1. The molecule has 0 fully saturated rings. The van der Waals surface area contributed by atoms with Gasteiger partial charge in [-0.05, 0) is 54.4 Å². The van der Waals surface area contributed by atoms with Crippen LogP contribution in [0.3, 0.4) is 0 Å². The third-order valence-corrected chi connectivity index (χ3v) is 6.06. The summed E-state index contributed by atoms with van der Waals surface area (Å²) in [5.41, 5.74) is 12.0. The number of fused-ring (bicyclic) bond motifs is 1. The highest BCUT2D eigenvalue weighted by Crippen LogP contribution is 2.45. The summed E-state index contributed by atoms with van der Waals surface area (Å²) < 4.78 is 16.9. The van der Waals surface area contributed by atoms with Crippen LogP contribution in [0.5, 0.6) is 17.4 Å². The van der Waals surface area contributed by atoms with Crippen LogP contribution in [-0.2, 0) is 6.61 Å². The van der Waals surface area contributed by atoms with Gasteiger partial charge in [0, 0.05) is 5.56 Å². The molecule has 2 heterocycles. The van der Waals surface area contributed by atoms with Gasteiger partial charge >= 0.3 is 0 Å². The summed E-state index contributed by atoms with van der Waals surface area (Å²) in [6.45, 7) is 2.53. The summed E-state index contributed by atoms with van der Waals surface area (Å²) in [4.78, 5) is 0. The maximum absolute atomic E-state index is 9.93. The molecule has 35 heavy (non-hydrogen) atoms. The van der Waals surface area contributed by atoms with Crippen molar-refractivity contribution in [2.75, 3.05) is 7.11 Å². The van der Waals surface area contributed by atoms with E-state index in [2.05, 4.69) is 47.5 Å². The number of aromatic nitrogens is 2. The summed E-state index contributed by atoms with van der Waals surface area (Å²) in [7, 11) is 1.62. The van der Waals surface area contributed by atoms with Crippen molar-refractivity contribution in [3.8, 4) is 34.7 Å². The minimum absolute atomic E-state index is 0.0532. The largest absolute Gasteiger partial charge is 0.497 e. The van der Waals surface area contributed by atoms with Gasteiger partial charge in [0.05, 0.1) is 24.3 Å². The lowest BCUT2D eigenvalue weighted by molar-refractivity contribution is 0.306. The highest BCUT2D eigenvalue weighted by Gasteiger charge is 2.35. The summed E-state index contributed by atoms with van der Waals surface area (Å²) in [5.74, 6) is 1.46. The van der Waals surface area contributed by atoms with Crippen molar-refractivity contribution in [1.82, 2.24) is 10.2 Å². The van der Waals surface area contributed by atoms with Crippen LogP contribution in [0.25, 0.3) is 11.3 Å². The second-order valence-electron chi connectivity index (χ2n) is 8.31. The summed E-state index contributed by atoms with van der Waals surface area (Å²) >= 11 is 0. The molecule has 0 spiro atoms. The number of ether oxygens (including phenoxy) is 3. The van der Waals surface area contributed by atoms with Crippen LogP contribution in [-0.4, -0.2) is 17.3 Å². The molecule has 0 bridgehead atoms. The fourth-order valence-corrected chi connectivity index (χ4v) is 4.16. The van der Waals surface area contributed by atoms with Gasteiger partial charge in [0.2, 0.25) is 11.8 Å². The fourth-order valence-electron chi connectivity index (χ4n) is 4.16. The number of H-pyrrole nitrogens is 1. The number of hydrogen-bond donors (Lipinski definition) is 2. The molecule has 174 valence electrons. The first-order valence-electron chi connectivity index (χ1n) is 11.2. The van der Waals surface area contributed by atoms with Crippen LogP contribution in [0.15, 0.2) is 84.3 Å². The summed E-state index contributed by atoms with van der Waals surface area (Å²) in [6.07, 6.45) is 0. The first-order chi connectivity index (χ1) is 17.1. The van der Waals surface area contributed by atoms with E-state index in [1.54, 1.807) is 7.11 Å². The average molecular weight is 465 g/mol. The Morgan fingerprint density at radius 3 is 2.34 bits per heavy atom. The molecule has 7 heteroatoms. The SMILES string of the molecule is COc1ccc(-c2[nH]nc3c2C(c2ccc(OCc4ccc(C)cc4)cc2)C(C#N)=C(N)O3)cc1. The van der Waals surface area contributed by atoms with E-state index in [0.717, 1.165) is 39.4 Å². The number of nitriles is 1. The van der Waals surface area contributed by atoms with Crippen LogP contribution < -0.4 is 19.9 Å². The van der Waals surface area contributed by atoms with Crippen molar-refractivity contribution in [3.05, 3.63) is 107 Å². The number of methoxy groups -OCH3 is 1. The molecular weight excluding hydrogens is 440 g/mol. The number of allylic oxidation sites excluding steroid dienone is 1. The standard InChI is InChI=1S/C28H24N4O3/c1-17-3-5-18(6-4-17)16-34-22-13-7-19(8-14-22)24-23(15-29)27(30)35-28-25(24)26(31-32-28)20-9-11-21(33-2)12-10-20/h3-14,24H,16,30H2,1-2H3,(H,31,32). The maximum atomic E-state index is 9.93. The smallest absolute Gasteiger partial charge is 0.244 e. The second-order valence-corrected chi connectivity index (χ2v) is 8.31. The van der Waals surface area contributed by atoms with Crippen LogP contribution in [0.1, 0.15) is 28.2 Å². The van der Waals surface area contributed by atoms with E-state index in [1.807, 2.05) is 48.5 Å². The lowest BCUT2D eigenvalue weighted by atomic mass is 9.83. The van der Waals surface area contributed by atoms with Crippen LogP contribution >= 0.6 is 0 Å². The van der Waals surface area contributed by atoms with Crippen molar-refractivity contribution in [1.29, 1.82) is 5.26 Å². The molecule has 1 aliphatic heterocycles. The number of rotatable bonds is 6. The van der Waals surface area contributed by atoms with Crippen molar-refractivity contribution in [2.45, 2.75) is 19.4 Å². The van der Waals surface area contributed by atoms with E-state index in [9.17, 15) is 5.26 Å². The number of nitrogens with one attached hydrogen (secondary N) is 1. The van der Waals surface area contributed by atoms with E-state index in [4.69, 9.17) is 19.9 Å². The number of benzene rings is 3. The lowest BCUT2D eigenvalue weighted by Gasteiger charge is -2.24. The Balaban J connectivity index is 1.47. The normalized spacial score (nSPS) is 14.6. The number of hydrogen-bond acceptors (Lipinski definition) is 6. The van der Waals surface area contributed by atoms with Gasteiger partial charge in [0.15, 0.2) is 0 Å². The molecule has 0 radical (unpaired) electrons. The topological polar surface area (TPSA) is 106 Å². The van der Waals surface area contributed by atoms with E-state index >= 15 is 0 Å². The quantitative estimate of drug-likeness (QED) is 0.407. The zero-order valence-corrected chi connectivity index (χ0v) is 19.4. The molecule has 1 unspecified atom stereocenters. The van der Waals surface area contributed by atoms with Gasteiger partial charge in [-0.3, -0.25) is 5.10 Å². The average Bonchev–Trinajstić information content (AvgIpc) is 3.31. The molecule has 0 saturated carbocycles. The van der Waals surface area contributed by atoms with Crippen LogP contribution in [0.4, 0.5) is 0 Å². The second kappa shape index (κ2) is 9.27. The van der Waals surface area contributed by atoms with Gasteiger partial charge in [0.25, 0.3) is 0 Å². The van der Waals surface area contributed by atoms with Gasteiger partial charge in [-0.15, -0.1) is 5.10 Å². The lowest BCUT2D eigenvalue weighted by Crippen LogP contribution is -2.21. The molecule has 1 aromatic heterocycles. The maximum Gasteiger partial charge on any atom is 0.244 e. The molecule has 3 aromatic carbocycles. The van der Waals surface area contributed by atoms with E-state index < -0.39 is 5.92 Å². The zero-order chi connectivity index (χ0) is 24.4. The van der Waals surface area contributed by atoms with Crippen molar-refractivity contribution in [2.24, 2.45) is 5.73 Å².